The second-order valence-corrected chi connectivity index (χ2v) is 4.23. The lowest BCUT2D eigenvalue weighted by molar-refractivity contribution is -0.137. The van der Waals surface area contributed by atoms with Crippen LogP contribution in [0.1, 0.15) is 11.1 Å². The van der Waals surface area contributed by atoms with Gasteiger partial charge in [-0.3, -0.25) is 4.98 Å². The molecule has 0 radical (unpaired) electrons. The fourth-order valence-corrected chi connectivity index (χ4v) is 1.72. The van der Waals surface area contributed by atoms with Crippen LogP contribution < -0.4 is 5.32 Å². The summed E-state index contributed by atoms with van der Waals surface area (Å²) in [6.07, 6.45) is -0.648. The molecule has 0 spiro atoms. The van der Waals surface area contributed by atoms with Crippen LogP contribution in [0.4, 0.5) is 23.2 Å². The Labute approximate surface area is 113 Å². The number of nitrogens with one attached hydrogen (secondary N) is 1. The fourth-order valence-electron chi connectivity index (χ4n) is 1.72. The quantitative estimate of drug-likeness (QED) is 0.861. The van der Waals surface area contributed by atoms with Crippen LogP contribution in [0.25, 0.3) is 0 Å². The second-order valence-electron chi connectivity index (χ2n) is 4.23. The van der Waals surface area contributed by atoms with Crippen molar-refractivity contribution in [3.63, 3.8) is 0 Å². The Bertz CT molecular complexity index is 567. The molecule has 2 rings (SSSR count). The van der Waals surface area contributed by atoms with Gasteiger partial charge < -0.3 is 5.32 Å². The Balaban J connectivity index is 2.02. The molecule has 0 aliphatic heterocycles. The summed E-state index contributed by atoms with van der Waals surface area (Å²) >= 11 is 0. The van der Waals surface area contributed by atoms with Crippen molar-refractivity contribution in [2.75, 3.05) is 11.9 Å². The summed E-state index contributed by atoms with van der Waals surface area (Å²) in [4.78, 5) is 3.92. The Hall–Kier alpha value is -2.11. The number of anilines is 1. The van der Waals surface area contributed by atoms with E-state index < -0.39 is 17.6 Å². The summed E-state index contributed by atoms with van der Waals surface area (Å²) in [7, 11) is 0. The highest BCUT2D eigenvalue weighted by molar-refractivity contribution is 5.48. The van der Waals surface area contributed by atoms with Crippen molar-refractivity contribution in [3.05, 3.63) is 59.7 Å². The molecule has 1 N–H and O–H groups in total. The number of hydrogen-bond donors (Lipinski definition) is 1. The van der Waals surface area contributed by atoms with Gasteiger partial charge in [0.05, 0.1) is 11.3 Å². The topological polar surface area (TPSA) is 24.9 Å². The van der Waals surface area contributed by atoms with Crippen LogP contribution in [-0.2, 0) is 12.6 Å². The highest BCUT2D eigenvalue weighted by atomic mass is 19.4. The van der Waals surface area contributed by atoms with E-state index in [4.69, 9.17) is 0 Å². The number of aromatic nitrogens is 1. The summed E-state index contributed by atoms with van der Waals surface area (Å²) in [6, 6.07) is 5.92. The first-order chi connectivity index (χ1) is 9.47. The van der Waals surface area contributed by atoms with E-state index in [1.807, 2.05) is 6.07 Å². The molecule has 0 bridgehead atoms. The highest BCUT2D eigenvalue weighted by Gasteiger charge is 2.31. The molecule has 2 aromatic rings. The van der Waals surface area contributed by atoms with Gasteiger partial charge in [0.2, 0.25) is 0 Å². The van der Waals surface area contributed by atoms with Gasteiger partial charge in [0, 0.05) is 18.9 Å². The zero-order chi connectivity index (χ0) is 14.6. The molecule has 20 heavy (non-hydrogen) atoms. The first-order valence-corrected chi connectivity index (χ1v) is 5.96. The molecule has 0 fully saturated rings. The molecular weight excluding hydrogens is 272 g/mol. The van der Waals surface area contributed by atoms with Gasteiger partial charge in [-0.25, -0.2) is 4.39 Å². The van der Waals surface area contributed by atoms with E-state index in [9.17, 15) is 17.6 Å². The zero-order valence-corrected chi connectivity index (χ0v) is 10.4. The van der Waals surface area contributed by atoms with E-state index in [0.717, 1.165) is 23.8 Å². The van der Waals surface area contributed by atoms with Crippen molar-refractivity contribution in [1.29, 1.82) is 0 Å². The van der Waals surface area contributed by atoms with E-state index in [1.54, 1.807) is 18.5 Å². The Morgan fingerprint density at radius 3 is 2.60 bits per heavy atom. The standard InChI is InChI=1S/C14H12F4N2/c15-12-4-3-11(14(16,17)18)8-13(12)20-7-5-10-2-1-6-19-9-10/h1-4,6,8-9,20H,5,7H2. The molecule has 0 saturated heterocycles. The molecule has 0 amide bonds. The van der Waals surface area contributed by atoms with Crippen LogP contribution in [0.15, 0.2) is 42.7 Å². The minimum atomic E-state index is -4.48. The largest absolute Gasteiger partial charge is 0.416 e. The fraction of sp³-hybridized carbons (Fsp3) is 0.214. The van der Waals surface area contributed by atoms with Crippen molar-refractivity contribution in [2.45, 2.75) is 12.6 Å². The molecule has 6 heteroatoms. The molecule has 1 heterocycles. The third-order valence-corrected chi connectivity index (χ3v) is 2.75. The SMILES string of the molecule is Fc1ccc(C(F)(F)F)cc1NCCc1cccnc1. The van der Waals surface area contributed by atoms with Crippen LogP contribution in [0.2, 0.25) is 0 Å². The van der Waals surface area contributed by atoms with E-state index in [2.05, 4.69) is 10.3 Å². The zero-order valence-electron chi connectivity index (χ0n) is 10.4. The first kappa shape index (κ1) is 14.3. The van der Waals surface area contributed by atoms with Gasteiger partial charge in [-0.05, 0) is 36.2 Å². The van der Waals surface area contributed by atoms with Crippen LogP contribution in [0, 0.1) is 5.82 Å². The predicted molar refractivity (Wildman–Crippen MR) is 67.8 cm³/mol. The third-order valence-electron chi connectivity index (χ3n) is 2.75. The van der Waals surface area contributed by atoms with Gasteiger partial charge in [-0.15, -0.1) is 0 Å². The maximum Gasteiger partial charge on any atom is 0.416 e. The molecule has 106 valence electrons. The van der Waals surface area contributed by atoms with Gasteiger partial charge in [0.25, 0.3) is 0 Å². The molecule has 0 atom stereocenters. The minimum absolute atomic E-state index is 0.149. The lowest BCUT2D eigenvalue weighted by Crippen LogP contribution is -2.10. The molecule has 1 aromatic heterocycles. The number of pyridine rings is 1. The van der Waals surface area contributed by atoms with Crippen molar-refractivity contribution >= 4 is 5.69 Å². The molecule has 1 aromatic carbocycles. The van der Waals surface area contributed by atoms with Crippen LogP contribution in [-0.4, -0.2) is 11.5 Å². The van der Waals surface area contributed by atoms with E-state index in [1.165, 1.54) is 0 Å². The van der Waals surface area contributed by atoms with E-state index in [-0.39, 0.29) is 5.69 Å². The van der Waals surface area contributed by atoms with E-state index >= 15 is 0 Å². The summed E-state index contributed by atoms with van der Waals surface area (Å²) < 4.78 is 51.0. The molecule has 0 aliphatic rings. The van der Waals surface area contributed by atoms with Crippen molar-refractivity contribution < 1.29 is 17.6 Å². The second kappa shape index (κ2) is 5.90. The average molecular weight is 284 g/mol. The lowest BCUT2D eigenvalue weighted by atomic mass is 10.1. The Morgan fingerprint density at radius 1 is 1.15 bits per heavy atom. The van der Waals surface area contributed by atoms with Gasteiger partial charge in [-0.2, -0.15) is 13.2 Å². The minimum Gasteiger partial charge on any atom is -0.382 e. The highest BCUT2D eigenvalue weighted by Crippen LogP contribution is 2.31. The summed E-state index contributed by atoms with van der Waals surface area (Å²) in [5.41, 5.74) is -0.0983. The maximum absolute atomic E-state index is 13.4. The number of nitrogens with zero attached hydrogens (tertiary/aromatic N) is 1. The van der Waals surface area contributed by atoms with Gasteiger partial charge >= 0.3 is 6.18 Å². The van der Waals surface area contributed by atoms with Crippen molar-refractivity contribution in [1.82, 2.24) is 4.98 Å². The van der Waals surface area contributed by atoms with Crippen LogP contribution in [0.3, 0.4) is 0 Å². The van der Waals surface area contributed by atoms with Crippen LogP contribution >= 0.6 is 0 Å². The third kappa shape index (κ3) is 3.69. The molecule has 0 unspecified atom stereocenters. The van der Waals surface area contributed by atoms with Crippen molar-refractivity contribution in [2.24, 2.45) is 0 Å². The molecule has 2 nitrogen and oxygen atoms in total. The number of rotatable bonds is 4. The summed E-state index contributed by atoms with van der Waals surface area (Å²) in [6.45, 7) is 0.323. The Morgan fingerprint density at radius 2 is 1.95 bits per heavy atom. The molecule has 0 aliphatic carbocycles. The maximum atomic E-state index is 13.4. The van der Waals surface area contributed by atoms with Gasteiger partial charge in [0.15, 0.2) is 0 Å². The van der Waals surface area contributed by atoms with Gasteiger partial charge in [-0.1, -0.05) is 6.07 Å². The van der Waals surface area contributed by atoms with Crippen LogP contribution in [0.5, 0.6) is 0 Å². The molecular formula is C14H12F4N2. The van der Waals surface area contributed by atoms with Crippen molar-refractivity contribution in [3.8, 4) is 0 Å². The average Bonchev–Trinajstić information content (AvgIpc) is 2.41. The van der Waals surface area contributed by atoms with E-state index in [0.29, 0.717) is 13.0 Å². The lowest BCUT2D eigenvalue weighted by Gasteiger charge is -2.11. The predicted octanol–water partition coefficient (Wildman–Crippen LogP) is 3.89. The summed E-state index contributed by atoms with van der Waals surface area (Å²) in [5, 5.41) is 2.67. The first-order valence-electron chi connectivity index (χ1n) is 5.96. The number of halogens is 4. The van der Waals surface area contributed by atoms with Gasteiger partial charge in [0.1, 0.15) is 5.82 Å². The monoisotopic (exact) mass is 284 g/mol. The molecule has 0 saturated carbocycles. The normalized spacial score (nSPS) is 11.4. The Kier molecular flexibility index (Phi) is 4.22. The number of benzene rings is 1. The summed E-state index contributed by atoms with van der Waals surface area (Å²) in [5.74, 6) is -0.704. The smallest absolute Gasteiger partial charge is 0.382 e. The number of hydrogen-bond acceptors (Lipinski definition) is 2. The number of alkyl halides is 3.